The first-order valence-electron chi connectivity index (χ1n) is 8.60. The highest BCUT2D eigenvalue weighted by molar-refractivity contribution is 7.90. The molecule has 154 valence electrons. The van der Waals surface area contributed by atoms with Gasteiger partial charge in [-0.05, 0) is 35.9 Å². The van der Waals surface area contributed by atoms with Crippen molar-refractivity contribution in [3.63, 3.8) is 0 Å². The molecular weight excluding hydrogens is 435 g/mol. The molecule has 0 saturated carbocycles. The molecule has 0 aliphatic heterocycles. The van der Waals surface area contributed by atoms with E-state index in [1.54, 1.807) is 36.0 Å². The van der Waals surface area contributed by atoms with Gasteiger partial charge in [0, 0.05) is 18.0 Å². The van der Waals surface area contributed by atoms with E-state index >= 15 is 0 Å². The molecule has 0 fully saturated rings. The molecule has 4 aromatic rings. The Bertz CT molecular complexity index is 1280. The lowest BCUT2D eigenvalue weighted by molar-refractivity contribution is -0.141. The maximum absolute atomic E-state index is 13.3. The number of aromatic nitrogens is 3. The molecule has 0 aliphatic rings. The fourth-order valence-corrected chi connectivity index (χ4v) is 4.18. The molecule has 0 spiro atoms. The highest BCUT2D eigenvalue weighted by atomic mass is 32.2. The van der Waals surface area contributed by atoms with Crippen LogP contribution in [-0.4, -0.2) is 29.4 Å². The molecule has 0 saturated heterocycles. The van der Waals surface area contributed by atoms with Crippen LogP contribution in [0.15, 0.2) is 71.2 Å². The largest absolute Gasteiger partial charge is 0.435 e. The van der Waals surface area contributed by atoms with Crippen molar-refractivity contribution in [2.45, 2.75) is 11.1 Å². The van der Waals surface area contributed by atoms with Crippen molar-refractivity contribution in [1.29, 1.82) is 0 Å². The quantitative estimate of drug-likeness (QED) is 0.436. The van der Waals surface area contributed by atoms with E-state index in [1.165, 1.54) is 35.6 Å². The molecule has 30 heavy (non-hydrogen) atoms. The minimum absolute atomic E-state index is 0.0740. The monoisotopic (exact) mass is 449 g/mol. The molecule has 0 amide bonds. The number of sulfone groups is 1. The summed E-state index contributed by atoms with van der Waals surface area (Å²) in [5, 5.41) is 3.73. The number of rotatable bonds is 4. The van der Waals surface area contributed by atoms with Gasteiger partial charge in [0.15, 0.2) is 15.5 Å². The van der Waals surface area contributed by atoms with E-state index in [0.29, 0.717) is 11.3 Å². The number of nitrogens with zero attached hydrogens (tertiary/aromatic N) is 3. The van der Waals surface area contributed by atoms with E-state index in [1.807, 2.05) is 0 Å². The van der Waals surface area contributed by atoms with E-state index in [4.69, 9.17) is 0 Å². The van der Waals surface area contributed by atoms with Crippen molar-refractivity contribution in [2.75, 3.05) is 6.26 Å². The SMILES string of the molecule is CS(=O)(=O)c1ccc(-n2nc(C(F)(F)F)cc2-c2ccc(-c3cncs3)cc2)cc1. The summed E-state index contributed by atoms with van der Waals surface area (Å²) in [5.74, 6) is 0. The third kappa shape index (κ3) is 4.01. The lowest BCUT2D eigenvalue weighted by Crippen LogP contribution is -2.07. The Labute approximate surface area is 174 Å². The lowest BCUT2D eigenvalue weighted by atomic mass is 10.1. The second kappa shape index (κ2) is 7.37. The molecule has 0 aliphatic carbocycles. The molecule has 0 unspecified atom stereocenters. The second-order valence-electron chi connectivity index (χ2n) is 6.53. The van der Waals surface area contributed by atoms with Gasteiger partial charge in [-0.1, -0.05) is 24.3 Å². The third-order valence-electron chi connectivity index (χ3n) is 4.41. The fraction of sp³-hybridized carbons (Fsp3) is 0.100. The van der Waals surface area contributed by atoms with Crippen LogP contribution in [0.1, 0.15) is 5.69 Å². The molecule has 0 N–H and O–H groups in total. The minimum atomic E-state index is -4.62. The molecule has 0 radical (unpaired) electrons. The Morgan fingerprint density at radius 3 is 2.13 bits per heavy atom. The molecule has 0 bridgehead atoms. The van der Waals surface area contributed by atoms with E-state index in [2.05, 4.69) is 10.1 Å². The molecule has 0 atom stereocenters. The van der Waals surface area contributed by atoms with Crippen molar-refractivity contribution in [1.82, 2.24) is 14.8 Å². The molecule has 5 nitrogen and oxygen atoms in total. The Balaban J connectivity index is 1.80. The van der Waals surface area contributed by atoms with E-state index in [0.717, 1.165) is 27.4 Å². The lowest BCUT2D eigenvalue weighted by Gasteiger charge is -2.09. The van der Waals surface area contributed by atoms with Gasteiger partial charge in [-0.2, -0.15) is 18.3 Å². The summed E-state index contributed by atoms with van der Waals surface area (Å²) in [6.45, 7) is 0. The smallest absolute Gasteiger partial charge is 0.252 e. The first-order chi connectivity index (χ1) is 14.1. The summed E-state index contributed by atoms with van der Waals surface area (Å²) in [5.41, 5.74) is 2.67. The zero-order chi connectivity index (χ0) is 21.5. The average molecular weight is 449 g/mol. The maximum Gasteiger partial charge on any atom is 0.435 e. The zero-order valence-electron chi connectivity index (χ0n) is 15.5. The molecule has 2 aromatic carbocycles. The van der Waals surface area contributed by atoms with Crippen LogP contribution in [0, 0.1) is 0 Å². The standard InChI is InChI=1S/C20H14F3N3O2S2/c1-30(27,28)16-8-6-15(7-9-16)26-17(10-19(25-26)20(21,22)23)13-2-4-14(5-3-13)18-11-24-12-29-18/h2-12H,1H3. The summed E-state index contributed by atoms with van der Waals surface area (Å²) in [7, 11) is -3.42. The van der Waals surface area contributed by atoms with Gasteiger partial charge < -0.3 is 0 Å². The summed E-state index contributed by atoms with van der Waals surface area (Å²) in [6.07, 6.45) is -1.84. The summed E-state index contributed by atoms with van der Waals surface area (Å²) in [4.78, 5) is 5.04. The van der Waals surface area contributed by atoms with Crippen LogP contribution < -0.4 is 0 Å². The maximum atomic E-state index is 13.3. The predicted molar refractivity (Wildman–Crippen MR) is 108 cm³/mol. The minimum Gasteiger partial charge on any atom is -0.252 e. The number of hydrogen-bond acceptors (Lipinski definition) is 5. The highest BCUT2D eigenvalue weighted by Gasteiger charge is 2.35. The number of halogens is 3. The van der Waals surface area contributed by atoms with Gasteiger partial charge >= 0.3 is 6.18 Å². The number of thiazole rings is 1. The summed E-state index contributed by atoms with van der Waals surface area (Å²) < 4.78 is 64.4. The second-order valence-corrected chi connectivity index (χ2v) is 9.44. The molecular formula is C20H14F3N3O2S2. The first kappa shape index (κ1) is 20.3. The van der Waals surface area contributed by atoms with Crippen LogP contribution in [-0.2, 0) is 16.0 Å². The van der Waals surface area contributed by atoms with E-state index in [9.17, 15) is 21.6 Å². The topological polar surface area (TPSA) is 64.8 Å². The predicted octanol–water partition coefficient (Wildman–Crippen LogP) is 5.09. The molecule has 4 rings (SSSR count). The number of alkyl halides is 3. The van der Waals surface area contributed by atoms with Crippen LogP contribution in [0.2, 0.25) is 0 Å². The van der Waals surface area contributed by atoms with Crippen molar-refractivity contribution >= 4 is 21.2 Å². The van der Waals surface area contributed by atoms with Crippen molar-refractivity contribution < 1.29 is 21.6 Å². The van der Waals surface area contributed by atoms with Crippen LogP contribution in [0.4, 0.5) is 13.2 Å². The number of benzene rings is 2. The van der Waals surface area contributed by atoms with E-state index in [-0.39, 0.29) is 10.6 Å². The van der Waals surface area contributed by atoms with Gasteiger partial charge in [-0.3, -0.25) is 4.98 Å². The summed E-state index contributed by atoms with van der Waals surface area (Å²) in [6, 6.07) is 13.6. The number of hydrogen-bond donors (Lipinski definition) is 0. The van der Waals surface area contributed by atoms with Gasteiger partial charge in [0.2, 0.25) is 0 Å². The summed E-state index contributed by atoms with van der Waals surface area (Å²) >= 11 is 1.46. The average Bonchev–Trinajstić information content (AvgIpc) is 3.37. The highest BCUT2D eigenvalue weighted by Crippen LogP contribution is 2.34. The van der Waals surface area contributed by atoms with Gasteiger partial charge in [0.25, 0.3) is 0 Å². The normalized spacial score (nSPS) is 12.3. The molecule has 10 heteroatoms. The van der Waals surface area contributed by atoms with Crippen molar-refractivity contribution in [3.8, 4) is 27.4 Å². The van der Waals surface area contributed by atoms with Crippen LogP contribution in [0.25, 0.3) is 27.4 Å². The van der Waals surface area contributed by atoms with E-state index < -0.39 is 21.7 Å². The zero-order valence-corrected chi connectivity index (χ0v) is 17.1. The van der Waals surface area contributed by atoms with Crippen molar-refractivity contribution in [3.05, 3.63) is 72.0 Å². The van der Waals surface area contributed by atoms with Gasteiger partial charge in [-0.15, -0.1) is 11.3 Å². The van der Waals surface area contributed by atoms with Crippen LogP contribution >= 0.6 is 11.3 Å². The Hall–Kier alpha value is -2.98. The Kier molecular flexibility index (Phi) is 4.99. The Morgan fingerprint density at radius 1 is 0.967 bits per heavy atom. The van der Waals surface area contributed by atoms with Crippen molar-refractivity contribution in [2.24, 2.45) is 0 Å². The first-order valence-corrected chi connectivity index (χ1v) is 11.4. The van der Waals surface area contributed by atoms with Crippen LogP contribution in [0.5, 0.6) is 0 Å². The molecule has 2 heterocycles. The van der Waals surface area contributed by atoms with Gasteiger partial charge in [-0.25, -0.2) is 13.1 Å². The van der Waals surface area contributed by atoms with Gasteiger partial charge in [0.1, 0.15) is 0 Å². The Morgan fingerprint density at radius 2 is 1.60 bits per heavy atom. The fourth-order valence-electron chi connectivity index (χ4n) is 2.92. The third-order valence-corrected chi connectivity index (χ3v) is 6.36. The molecule has 2 aromatic heterocycles. The van der Waals surface area contributed by atoms with Crippen LogP contribution in [0.3, 0.4) is 0 Å². The van der Waals surface area contributed by atoms with Gasteiger partial charge in [0.05, 0.1) is 26.7 Å².